The van der Waals surface area contributed by atoms with Crippen LogP contribution in [0.15, 0.2) is 24.3 Å². The average molecular weight is 307 g/mol. The molecular weight excluding hydrogens is 299 g/mol. The number of carbonyl (C=O) groups excluding carboxylic acids is 2. The summed E-state index contributed by atoms with van der Waals surface area (Å²) in [7, 11) is 1.08. The minimum absolute atomic E-state index is 0.129. The Morgan fingerprint density at radius 2 is 1.50 bits per heavy atom. The van der Waals surface area contributed by atoms with Gasteiger partial charge in [0, 0.05) is 21.8 Å². The van der Waals surface area contributed by atoms with Gasteiger partial charge >= 0.3 is 0 Å². The van der Waals surface area contributed by atoms with Crippen LogP contribution in [-0.4, -0.2) is 30.1 Å². The van der Waals surface area contributed by atoms with Crippen molar-refractivity contribution in [1.29, 1.82) is 0 Å². The number of hydrogen-bond acceptors (Lipinski definition) is 4. The number of alkyl halides is 1. The maximum Gasteiger partial charge on any atom is 0.237 e. The summed E-state index contributed by atoms with van der Waals surface area (Å²) >= 11 is 6.01. The molecule has 0 N–H and O–H groups in total. The summed E-state index contributed by atoms with van der Waals surface area (Å²) in [5.74, 6) is -1.44. The third-order valence-corrected chi connectivity index (χ3v) is 5.86. The Bertz CT molecular complexity index is 616. The van der Waals surface area contributed by atoms with E-state index in [1.165, 1.54) is 12.1 Å². The molecule has 0 amide bonds. The zero-order valence-electron chi connectivity index (χ0n) is 9.18. The molecule has 7 heteroatoms. The average Bonchev–Trinajstić information content (AvgIpc) is 2.51. The van der Waals surface area contributed by atoms with Crippen LogP contribution in [0.2, 0.25) is 0 Å². The highest BCUT2D eigenvalue weighted by atomic mass is 35.7. The number of benzene rings is 1. The largest absolute Gasteiger partial charge is 0.292 e. The van der Waals surface area contributed by atoms with Gasteiger partial charge in [-0.2, -0.15) is 0 Å². The molecular formula is C11H8Cl2O4S. The molecule has 1 unspecified atom stereocenters. The second-order valence-electron chi connectivity index (χ2n) is 4.03. The lowest BCUT2D eigenvalue weighted by molar-refractivity contribution is 0.0861. The molecule has 0 spiro atoms. The first-order valence-corrected chi connectivity index (χ1v) is 7.76. The second kappa shape index (κ2) is 4.05. The highest BCUT2D eigenvalue weighted by molar-refractivity contribution is 8.14. The standard InChI is InChI=1S/C11H8Cl2O4S/c1-6(18(13,16)17)11(12)9(14)7-4-2-3-5-8(7)10(11)15/h2-6H,1H3. The van der Waals surface area contributed by atoms with E-state index in [0.29, 0.717) is 0 Å². The van der Waals surface area contributed by atoms with E-state index in [1.54, 1.807) is 12.1 Å². The van der Waals surface area contributed by atoms with Crippen molar-refractivity contribution in [2.24, 2.45) is 0 Å². The molecule has 1 aromatic rings. The Hall–Kier alpha value is -0.910. The zero-order valence-corrected chi connectivity index (χ0v) is 11.5. The molecule has 0 bridgehead atoms. The van der Waals surface area contributed by atoms with Gasteiger partial charge in [-0.3, -0.25) is 9.59 Å². The molecule has 0 heterocycles. The van der Waals surface area contributed by atoms with Crippen LogP contribution in [0.4, 0.5) is 0 Å². The molecule has 0 saturated carbocycles. The predicted octanol–water partition coefficient (Wildman–Crippen LogP) is 2.00. The van der Waals surface area contributed by atoms with E-state index in [4.69, 9.17) is 22.3 Å². The predicted molar refractivity (Wildman–Crippen MR) is 67.9 cm³/mol. The normalized spacial score (nSPS) is 19.7. The van der Waals surface area contributed by atoms with Gasteiger partial charge < -0.3 is 0 Å². The van der Waals surface area contributed by atoms with Crippen LogP contribution >= 0.6 is 22.3 Å². The molecule has 18 heavy (non-hydrogen) atoms. The molecule has 1 aliphatic carbocycles. The fraction of sp³-hybridized carbons (Fsp3) is 0.273. The van der Waals surface area contributed by atoms with Gasteiger partial charge in [0.05, 0.1) is 0 Å². The highest BCUT2D eigenvalue weighted by Crippen LogP contribution is 2.40. The van der Waals surface area contributed by atoms with Crippen molar-refractivity contribution in [3.8, 4) is 0 Å². The van der Waals surface area contributed by atoms with Crippen LogP contribution in [0.25, 0.3) is 0 Å². The number of rotatable bonds is 2. The molecule has 1 aliphatic rings. The van der Waals surface area contributed by atoms with Crippen molar-refractivity contribution in [1.82, 2.24) is 0 Å². The van der Waals surface area contributed by atoms with E-state index in [-0.39, 0.29) is 11.1 Å². The topological polar surface area (TPSA) is 68.3 Å². The summed E-state index contributed by atoms with van der Waals surface area (Å²) in [5, 5.41) is -1.50. The van der Waals surface area contributed by atoms with Gasteiger partial charge in [0.15, 0.2) is 16.4 Å². The maximum atomic E-state index is 12.1. The van der Waals surface area contributed by atoms with Crippen LogP contribution in [0.1, 0.15) is 27.6 Å². The fourth-order valence-electron chi connectivity index (χ4n) is 1.94. The highest BCUT2D eigenvalue weighted by Gasteiger charge is 2.58. The van der Waals surface area contributed by atoms with E-state index < -0.39 is 30.7 Å². The molecule has 0 saturated heterocycles. The van der Waals surface area contributed by atoms with Crippen molar-refractivity contribution in [2.45, 2.75) is 17.0 Å². The first kappa shape index (κ1) is 13.5. The third kappa shape index (κ3) is 1.69. The van der Waals surface area contributed by atoms with E-state index >= 15 is 0 Å². The lowest BCUT2D eigenvalue weighted by Crippen LogP contribution is -2.47. The first-order chi connectivity index (χ1) is 8.20. The SMILES string of the molecule is CC(C1(Cl)C(=O)c2ccccc2C1=O)S(=O)(=O)Cl. The minimum atomic E-state index is -4.13. The molecule has 1 aromatic carbocycles. The van der Waals surface area contributed by atoms with Gasteiger partial charge in [0.25, 0.3) is 0 Å². The van der Waals surface area contributed by atoms with Crippen molar-refractivity contribution >= 4 is 42.9 Å². The molecule has 4 nitrogen and oxygen atoms in total. The van der Waals surface area contributed by atoms with Gasteiger partial charge in [-0.1, -0.05) is 35.9 Å². The zero-order chi connectivity index (χ0) is 13.7. The monoisotopic (exact) mass is 306 g/mol. The minimum Gasteiger partial charge on any atom is -0.292 e. The van der Waals surface area contributed by atoms with Crippen molar-refractivity contribution < 1.29 is 18.0 Å². The summed E-state index contributed by atoms with van der Waals surface area (Å²) in [4.78, 5) is 22.1. The maximum absolute atomic E-state index is 12.1. The Morgan fingerprint density at radius 1 is 1.11 bits per heavy atom. The van der Waals surface area contributed by atoms with Crippen molar-refractivity contribution in [3.63, 3.8) is 0 Å². The van der Waals surface area contributed by atoms with Crippen LogP contribution in [0.3, 0.4) is 0 Å². The number of carbonyl (C=O) groups is 2. The van der Waals surface area contributed by atoms with Crippen molar-refractivity contribution in [2.75, 3.05) is 0 Å². The van der Waals surface area contributed by atoms with Gasteiger partial charge in [-0.05, 0) is 6.92 Å². The van der Waals surface area contributed by atoms with Gasteiger partial charge in [-0.25, -0.2) is 8.42 Å². The van der Waals surface area contributed by atoms with Gasteiger partial charge in [-0.15, -0.1) is 0 Å². The summed E-state index contributed by atoms with van der Waals surface area (Å²) in [6.07, 6.45) is 0. The van der Waals surface area contributed by atoms with E-state index in [1.807, 2.05) is 0 Å². The molecule has 96 valence electrons. The lowest BCUT2D eigenvalue weighted by atomic mass is 9.99. The summed E-state index contributed by atoms with van der Waals surface area (Å²) in [5.41, 5.74) is 0.259. The van der Waals surface area contributed by atoms with E-state index in [2.05, 4.69) is 0 Å². The van der Waals surface area contributed by atoms with Gasteiger partial charge in [0.2, 0.25) is 9.05 Å². The number of ketones is 2. The third-order valence-electron chi connectivity index (χ3n) is 3.06. The number of halogens is 2. The quantitative estimate of drug-likeness (QED) is 0.476. The first-order valence-electron chi connectivity index (χ1n) is 5.01. The Labute approximate surface area is 113 Å². The molecule has 0 fully saturated rings. The second-order valence-corrected chi connectivity index (χ2v) is 7.58. The smallest absolute Gasteiger partial charge is 0.237 e. The Balaban J connectivity index is 2.64. The summed E-state index contributed by atoms with van der Waals surface area (Å²) in [6.45, 7) is 1.15. The van der Waals surface area contributed by atoms with Gasteiger partial charge in [0.1, 0.15) is 5.25 Å². The summed E-state index contributed by atoms with van der Waals surface area (Å²) in [6, 6.07) is 6.03. The summed E-state index contributed by atoms with van der Waals surface area (Å²) < 4.78 is 22.7. The molecule has 2 rings (SSSR count). The number of Topliss-reactive ketones (excluding diaryl/α,β-unsaturated/α-hetero) is 2. The van der Waals surface area contributed by atoms with Crippen molar-refractivity contribution in [3.05, 3.63) is 35.4 Å². The van der Waals surface area contributed by atoms with Crippen LogP contribution < -0.4 is 0 Å². The lowest BCUT2D eigenvalue weighted by Gasteiger charge is -2.22. The van der Waals surface area contributed by atoms with E-state index in [0.717, 1.165) is 6.92 Å². The molecule has 0 radical (unpaired) electrons. The van der Waals surface area contributed by atoms with Crippen LogP contribution in [0, 0.1) is 0 Å². The molecule has 0 aliphatic heterocycles. The van der Waals surface area contributed by atoms with Crippen LogP contribution in [0.5, 0.6) is 0 Å². The van der Waals surface area contributed by atoms with E-state index in [9.17, 15) is 18.0 Å². The number of fused-ring (bicyclic) bond motifs is 1. The molecule has 0 aromatic heterocycles. The Morgan fingerprint density at radius 3 is 1.83 bits per heavy atom. The number of hydrogen-bond donors (Lipinski definition) is 0. The fourth-order valence-corrected chi connectivity index (χ4v) is 3.63. The van der Waals surface area contributed by atoms with Crippen LogP contribution in [-0.2, 0) is 9.05 Å². The molecule has 1 atom stereocenters. The Kier molecular flexibility index (Phi) is 3.04.